The van der Waals surface area contributed by atoms with Crippen LogP contribution in [0.5, 0.6) is 0 Å². The first-order valence-electron chi connectivity index (χ1n) is 5.67. The Morgan fingerprint density at radius 2 is 1.74 bits per heavy atom. The van der Waals surface area contributed by atoms with E-state index in [0.717, 1.165) is 15.7 Å². The first-order valence-corrected chi connectivity index (χ1v) is 7.34. The van der Waals surface area contributed by atoms with Gasteiger partial charge in [-0.05, 0) is 29.8 Å². The van der Waals surface area contributed by atoms with Gasteiger partial charge in [0.15, 0.2) is 0 Å². The molecule has 0 aliphatic heterocycles. The maximum Gasteiger partial charge on any atom is 0.288 e. The lowest BCUT2D eigenvalue weighted by molar-refractivity contribution is 0.252. The van der Waals surface area contributed by atoms with E-state index in [2.05, 4.69) is 21.2 Å². The number of nitrogens with one attached hydrogen (secondary N) is 1. The van der Waals surface area contributed by atoms with Gasteiger partial charge in [0.25, 0.3) is 5.76 Å². The molecule has 2 aromatic rings. The Morgan fingerprint density at radius 3 is 2.42 bits per heavy atom. The molecule has 1 nitrogen and oxygen atoms in total. The molecule has 0 aliphatic carbocycles. The van der Waals surface area contributed by atoms with E-state index in [1.807, 2.05) is 36.4 Å². The summed E-state index contributed by atoms with van der Waals surface area (Å²) in [6, 6.07) is 15.0. The zero-order valence-corrected chi connectivity index (χ0v) is 12.3. The normalized spacial score (nSPS) is 10.7. The van der Waals surface area contributed by atoms with E-state index in [9.17, 15) is 8.78 Å². The molecule has 0 radical (unpaired) electrons. The Hall–Kier alpha value is -1.07. The first kappa shape index (κ1) is 14.3. The number of anilines is 1. The van der Waals surface area contributed by atoms with Crippen LogP contribution in [0.3, 0.4) is 0 Å². The van der Waals surface area contributed by atoms with E-state index < -0.39 is 5.76 Å². The zero-order valence-electron chi connectivity index (χ0n) is 9.95. The molecule has 19 heavy (non-hydrogen) atoms. The van der Waals surface area contributed by atoms with Crippen molar-refractivity contribution in [1.29, 1.82) is 0 Å². The van der Waals surface area contributed by atoms with Gasteiger partial charge >= 0.3 is 0 Å². The van der Waals surface area contributed by atoms with Gasteiger partial charge in [-0.3, -0.25) is 0 Å². The Kier molecular flexibility index (Phi) is 5.22. The summed E-state index contributed by atoms with van der Waals surface area (Å²) in [7, 11) is 0. The highest BCUT2D eigenvalue weighted by molar-refractivity contribution is 9.10. The molecule has 0 bridgehead atoms. The van der Waals surface area contributed by atoms with Crippen LogP contribution in [0, 0.1) is 0 Å². The Bertz CT molecular complexity index is 531. The summed E-state index contributed by atoms with van der Waals surface area (Å²) >= 11 is 3.93. The van der Waals surface area contributed by atoms with Crippen LogP contribution < -0.4 is 5.32 Å². The van der Waals surface area contributed by atoms with E-state index >= 15 is 0 Å². The number of hydrogen-bond donors (Lipinski definition) is 1. The average molecular weight is 344 g/mol. The largest absolute Gasteiger partial charge is 0.380 e. The lowest BCUT2D eigenvalue weighted by atomic mass is 10.2. The fourth-order valence-electron chi connectivity index (χ4n) is 1.61. The second kappa shape index (κ2) is 6.91. The first-order chi connectivity index (χ1) is 9.15. The van der Waals surface area contributed by atoms with Crippen molar-refractivity contribution in [3.8, 4) is 0 Å². The van der Waals surface area contributed by atoms with E-state index in [-0.39, 0.29) is 0 Å². The standard InChI is InChI=1S/C14H12BrF2NS/c15-11-7-5-10(6-8-11)9-18-12-3-1-2-4-13(12)19-14(16)17/h1-8,14,18H,9H2. The minimum Gasteiger partial charge on any atom is -0.380 e. The minimum absolute atomic E-state index is 0.559. The van der Waals surface area contributed by atoms with E-state index in [0.29, 0.717) is 23.2 Å². The summed E-state index contributed by atoms with van der Waals surface area (Å²) in [6.45, 7) is 0.605. The topological polar surface area (TPSA) is 12.0 Å². The van der Waals surface area contributed by atoms with Crippen molar-refractivity contribution in [2.45, 2.75) is 17.2 Å². The lowest BCUT2D eigenvalue weighted by Gasteiger charge is -2.11. The zero-order chi connectivity index (χ0) is 13.7. The van der Waals surface area contributed by atoms with Gasteiger partial charge in [0.1, 0.15) is 0 Å². The molecular weight excluding hydrogens is 332 g/mol. The van der Waals surface area contributed by atoms with Crippen molar-refractivity contribution < 1.29 is 8.78 Å². The maximum absolute atomic E-state index is 12.4. The summed E-state index contributed by atoms with van der Waals surface area (Å²) in [6.07, 6.45) is 0. The van der Waals surface area contributed by atoms with Crippen LogP contribution in [0.2, 0.25) is 0 Å². The smallest absolute Gasteiger partial charge is 0.288 e. The van der Waals surface area contributed by atoms with Crippen molar-refractivity contribution >= 4 is 33.4 Å². The molecule has 0 fully saturated rings. The van der Waals surface area contributed by atoms with Gasteiger partial charge in [0.05, 0.1) is 0 Å². The Morgan fingerprint density at radius 1 is 1.05 bits per heavy atom. The average Bonchev–Trinajstić information content (AvgIpc) is 2.39. The molecule has 2 rings (SSSR count). The summed E-state index contributed by atoms with van der Waals surface area (Å²) in [4.78, 5) is 0.564. The number of hydrogen-bond acceptors (Lipinski definition) is 2. The van der Waals surface area contributed by atoms with Gasteiger partial charge in [-0.1, -0.05) is 52.0 Å². The summed E-state index contributed by atoms with van der Waals surface area (Å²) in [5, 5.41) is 3.18. The molecule has 0 heterocycles. The van der Waals surface area contributed by atoms with Gasteiger partial charge in [-0.2, -0.15) is 8.78 Å². The number of para-hydroxylation sites is 1. The highest BCUT2D eigenvalue weighted by Crippen LogP contribution is 2.31. The fraction of sp³-hybridized carbons (Fsp3) is 0.143. The van der Waals surface area contributed by atoms with Crippen molar-refractivity contribution in [3.63, 3.8) is 0 Å². The van der Waals surface area contributed by atoms with E-state index in [1.54, 1.807) is 12.1 Å². The number of thioether (sulfide) groups is 1. The van der Waals surface area contributed by atoms with Crippen LogP contribution in [0.1, 0.15) is 5.56 Å². The Labute approximate surface area is 123 Å². The molecule has 0 atom stereocenters. The molecular formula is C14H12BrF2NS. The molecule has 1 N–H and O–H groups in total. The molecule has 5 heteroatoms. The van der Waals surface area contributed by atoms with Crippen molar-refractivity contribution in [2.24, 2.45) is 0 Å². The van der Waals surface area contributed by atoms with Gasteiger partial charge in [-0.25, -0.2) is 0 Å². The van der Waals surface area contributed by atoms with Crippen molar-refractivity contribution in [3.05, 3.63) is 58.6 Å². The maximum atomic E-state index is 12.4. The van der Waals surface area contributed by atoms with Crippen molar-refractivity contribution in [2.75, 3.05) is 5.32 Å². The van der Waals surface area contributed by atoms with Crippen LogP contribution in [0.15, 0.2) is 57.9 Å². The second-order valence-electron chi connectivity index (χ2n) is 3.85. The fourth-order valence-corrected chi connectivity index (χ4v) is 2.49. The predicted molar refractivity (Wildman–Crippen MR) is 79.8 cm³/mol. The predicted octanol–water partition coefficient (Wildman–Crippen LogP) is 5.38. The van der Waals surface area contributed by atoms with Crippen LogP contribution >= 0.6 is 27.7 Å². The third-order valence-corrected chi connectivity index (χ3v) is 3.82. The monoisotopic (exact) mass is 343 g/mol. The highest BCUT2D eigenvalue weighted by Gasteiger charge is 2.09. The Balaban J connectivity index is 2.04. The molecule has 0 spiro atoms. The number of benzene rings is 2. The molecule has 0 unspecified atom stereocenters. The number of halogens is 3. The van der Waals surface area contributed by atoms with Crippen molar-refractivity contribution in [1.82, 2.24) is 0 Å². The highest BCUT2D eigenvalue weighted by atomic mass is 79.9. The minimum atomic E-state index is -2.41. The van der Waals surface area contributed by atoms with Crippen LogP contribution in [-0.2, 0) is 6.54 Å². The van der Waals surface area contributed by atoms with E-state index in [1.165, 1.54) is 0 Å². The summed E-state index contributed by atoms with van der Waals surface area (Å²) < 4.78 is 25.9. The third-order valence-electron chi connectivity index (χ3n) is 2.50. The SMILES string of the molecule is FC(F)Sc1ccccc1NCc1ccc(Br)cc1. The molecule has 0 saturated heterocycles. The van der Waals surface area contributed by atoms with Crippen LogP contribution in [0.25, 0.3) is 0 Å². The molecule has 0 amide bonds. The van der Waals surface area contributed by atoms with Gasteiger partial charge in [0.2, 0.25) is 0 Å². The molecule has 2 aromatic carbocycles. The third kappa shape index (κ3) is 4.51. The van der Waals surface area contributed by atoms with E-state index in [4.69, 9.17) is 0 Å². The second-order valence-corrected chi connectivity index (χ2v) is 5.80. The van der Waals surface area contributed by atoms with Crippen LogP contribution in [0.4, 0.5) is 14.5 Å². The van der Waals surface area contributed by atoms with Gasteiger partial charge in [0, 0.05) is 21.6 Å². The van der Waals surface area contributed by atoms with Gasteiger partial charge < -0.3 is 5.32 Å². The summed E-state index contributed by atoms with van der Waals surface area (Å²) in [5.41, 5.74) is 1.83. The molecule has 0 saturated carbocycles. The number of alkyl halides is 2. The lowest BCUT2D eigenvalue weighted by Crippen LogP contribution is -2.00. The van der Waals surface area contributed by atoms with Gasteiger partial charge in [-0.15, -0.1) is 0 Å². The summed E-state index contributed by atoms with van der Waals surface area (Å²) in [5.74, 6) is -2.41. The number of rotatable bonds is 5. The molecule has 100 valence electrons. The molecule has 0 aliphatic rings. The van der Waals surface area contributed by atoms with Crippen LogP contribution in [-0.4, -0.2) is 5.76 Å². The molecule has 0 aromatic heterocycles. The quantitative estimate of drug-likeness (QED) is 0.731.